The quantitative estimate of drug-likeness (QED) is 0.835. The lowest BCUT2D eigenvalue weighted by Crippen LogP contribution is -2.08. The lowest BCUT2D eigenvalue weighted by atomic mass is 10.1. The maximum absolute atomic E-state index is 12.9. The van der Waals surface area contributed by atoms with Gasteiger partial charge in [-0.25, -0.2) is 8.42 Å². The van der Waals surface area contributed by atoms with Gasteiger partial charge in [-0.1, -0.05) is 35.4 Å². The third kappa shape index (κ3) is 2.50. The average Bonchev–Trinajstić information content (AvgIpc) is 2.25. The van der Waals surface area contributed by atoms with Crippen LogP contribution in [0, 0.1) is 34.6 Å². The van der Waals surface area contributed by atoms with Crippen LogP contribution < -0.4 is 0 Å². The second-order valence-electron chi connectivity index (χ2n) is 5.50. The maximum atomic E-state index is 12.9. The van der Waals surface area contributed by atoms with Crippen molar-refractivity contribution in [2.24, 2.45) is 0 Å². The molecule has 3 heteroatoms. The van der Waals surface area contributed by atoms with Gasteiger partial charge in [-0.05, 0) is 57.4 Å². The minimum absolute atomic E-state index is 0.401. The Morgan fingerprint density at radius 3 is 1.70 bits per heavy atom. The molecule has 0 bridgehead atoms. The fraction of sp³-hybridized carbons (Fsp3) is 0.294. The van der Waals surface area contributed by atoms with E-state index in [1.54, 1.807) is 6.07 Å². The van der Waals surface area contributed by atoms with E-state index in [2.05, 4.69) is 0 Å². The van der Waals surface area contributed by atoms with Gasteiger partial charge in [0.25, 0.3) is 0 Å². The monoisotopic (exact) mass is 288 g/mol. The highest BCUT2D eigenvalue weighted by molar-refractivity contribution is 7.91. The molecule has 20 heavy (non-hydrogen) atoms. The third-order valence-electron chi connectivity index (χ3n) is 3.49. The first-order chi connectivity index (χ1) is 9.23. The summed E-state index contributed by atoms with van der Waals surface area (Å²) in [5.41, 5.74) is 4.56. The van der Waals surface area contributed by atoms with E-state index < -0.39 is 9.84 Å². The summed E-state index contributed by atoms with van der Waals surface area (Å²) in [5, 5.41) is 0. The highest BCUT2D eigenvalue weighted by atomic mass is 32.2. The minimum atomic E-state index is -3.46. The number of rotatable bonds is 2. The molecule has 0 saturated heterocycles. The van der Waals surface area contributed by atoms with Crippen molar-refractivity contribution in [3.8, 4) is 0 Å². The number of aryl methyl sites for hydroxylation is 5. The van der Waals surface area contributed by atoms with Gasteiger partial charge in [0.15, 0.2) is 0 Å². The number of benzene rings is 2. The Kier molecular flexibility index (Phi) is 3.74. The van der Waals surface area contributed by atoms with E-state index in [1.807, 2.05) is 58.9 Å². The molecular weight excluding hydrogens is 268 g/mol. The molecule has 2 aromatic rings. The van der Waals surface area contributed by atoms with Gasteiger partial charge in [0.05, 0.1) is 9.79 Å². The van der Waals surface area contributed by atoms with Crippen LogP contribution in [0.3, 0.4) is 0 Å². The van der Waals surface area contributed by atoms with Crippen LogP contribution in [-0.4, -0.2) is 8.42 Å². The van der Waals surface area contributed by atoms with E-state index in [9.17, 15) is 8.42 Å². The zero-order valence-electron chi connectivity index (χ0n) is 12.6. The topological polar surface area (TPSA) is 34.1 Å². The van der Waals surface area contributed by atoms with Crippen LogP contribution >= 0.6 is 0 Å². The predicted molar refractivity (Wildman–Crippen MR) is 82.0 cm³/mol. The SMILES string of the molecule is Cc1ccc(S(=O)(=O)c2c(C)cc(C)cc2C)c(C)c1. The zero-order chi connectivity index (χ0) is 15.1. The van der Waals surface area contributed by atoms with E-state index in [4.69, 9.17) is 0 Å². The molecule has 0 aliphatic carbocycles. The lowest BCUT2D eigenvalue weighted by Gasteiger charge is -2.14. The molecule has 0 heterocycles. The molecule has 0 unspecified atom stereocenters. The van der Waals surface area contributed by atoms with Gasteiger partial charge >= 0.3 is 0 Å². The first-order valence-electron chi connectivity index (χ1n) is 6.63. The fourth-order valence-corrected chi connectivity index (χ4v) is 4.72. The molecule has 0 aliphatic rings. The van der Waals surface area contributed by atoms with E-state index in [1.165, 1.54) is 0 Å². The summed E-state index contributed by atoms with van der Waals surface area (Å²) in [6.07, 6.45) is 0. The Hall–Kier alpha value is -1.61. The zero-order valence-corrected chi connectivity index (χ0v) is 13.4. The highest BCUT2D eigenvalue weighted by Crippen LogP contribution is 2.30. The molecule has 2 aromatic carbocycles. The normalized spacial score (nSPS) is 11.7. The van der Waals surface area contributed by atoms with Crippen LogP contribution in [0.2, 0.25) is 0 Å². The first kappa shape index (κ1) is 14.8. The van der Waals surface area contributed by atoms with E-state index in [0.717, 1.165) is 27.8 Å². The Labute approximate surface area is 121 Å². The molecular formula is C17H20O2S. The summed E-state index contributed by atoms with van der Waals surface area (Å²) in [6, 6.07) is 9.30. The Morgan fingerprint density at radius 2 is 1.20 bits per heavy atom. The van der Waals surface area contributed by atoms with Gasteiger partial charge in [-0.3, -0.25) is 0 Å². The van der Waals surface area contributed by atoms with Crippen molar-refractivity contribution in [1.82, 2.24) is 0 Å². The Bertz CT molecular complexity index is 749. The summed E-state index contributed by atoms with van der Waals surface area (Å²) in [4.78, 5) is 0.841. The Balaban J connectivity index is 2.74. The van der Waals surface area contributed by atoms with Gasteiger partial charge in [-0.2, -0.15) is 0 Å². The van der Waals surface area contributed by atoms with Crippen molar-refractivity contribution in [2.75, 3.05) is 0 Å². The molecule has 0 amide bonds. The molecule has 0 N–H and O–H groups in total. The van der Waals surface area contributed by atoms with E-state index in [0.29, 0.717) is 9.79 Å². The van der Waals surface area contributed by atoms with Crippen molar-refractivity contribution in [2.45, 2.75) is 44.4 Å². The largest absolute Gasteiger partial charge is 0.218 e. The van der Waals surface area contributed by atoms with Gasteiger partial charge in [-0.15, -0.1) is 0 Å². The van der Waals surface area contributed by atoms with E-state index in [-0.39, 0.29) is 0 Å². The molecule has 106 valence electrons. The third-order valence-corrected chi connectivity index (χ3v) is 5.71. The standard InChI is InChI=1S/C17H20O2S/c1-11-6-7-16(13(3)8-11)20(18,19)17-14(4)9-12(2)10-15(17)5/h6-10H,1-5H3. The van der Waals surface area contributed by atoms with Crippen LogP contribution in [0.25, 0.3) is 0 Å². The lowest BCUT2D eigenvalue weighted by molar-refractivity contribution is 0.594. The van der Waals surface area contributed by atoms with Crippen LogP contribution in [0.4, 0.5) is 0 Å². The molecule has 0 aliphatic heterocycles. The number of sulfone groups is 1. The second-order valence-corrected chi connectivity index (χ2v) is 7.36. The van der Waals surface area contributed by atoms with Gasteiger partial charge < -0.3 is 0 Å². The summed E-state index contributed by atoms with van der Waals surface area (Å²) in [5.74, 6) is 0. The molecule has 0 spiro atoms. The van der Waals surface area contributed by atoms with Gasteiger partial charge in [0.1, 0.15) is 0 Å². The summed E-state index contributed by atoms with van der Waals surface area (Å²) in [7, 11) is -3.46. The summed E-state index contributed by atoms with van der Waals surface area (Å²) >= 11 is 0. The molecule has 0 radical (unpaired) electrons. The van der Waals surface area contributed by atoms with Crippen LogP contribution in [0.1, 0.15) is 27.8 Å². The summed E-state index contributed by atoms with van der Waals surface area (Å²) < 4.78 is 25.8. The first-order valence-corrected chi connectivity index (χ1v) is 8.12. The van der Waals surface area contributed by atoms with Crippen LogP contribution in [-0.2, 0) is 9.84 Å². The fourth-order valence-electron chi connectivity index (χ4n) is 2.80. The Morgan fingerprint density at radius 1 is 0.700 bits per heavy atom. The van der Waals surface area contributed by atoms with Crippen molar-refractivity contribution in [1.29, 1.82) is 0 Å². The van der Waals surface area contributed by atoms with Crippen molar-refractivity contribution in [3.63, 3.8) is 0 Å². The maximum Gasteiger partial charge on any atom is 0.207 e. The number of hydrogen-bond acceptors (Lipinski definition) is 2. The summed E-state index contributed by atoms with van der Waals surface area (Å²) in [6.45, 7) is 9.50. The van der Waals surface area contributed by atoms with Crippen molar-refractivity contribution >= 4 is 9.84 Å². The molecule has 0 aromatic heterocycles. The number of hydrogen-bond donors (Lipinski definition) is 0. The molecule has 0 atom stereocenters. The average molecular weight is 288 g/mol. The molecule has 2 rings (SSSR count). The molecule has 0 saturated carbocycles. The molecule has 2 nitrogen and oxygen atoms in total. The molecule has 0 fully saturated rings. The van der Waals surface area contributed by atoms with Crippen molar-refractivity contribution < 1.29 is 8.42 Å². The van der Waals surface area contributed by atoms with Crippen molar-refractivity contribution in [3.05, 3.63) is 58.1 Å². The second kappa shape index (κ2) is 5.06. The minimum Gasteiger partial charge on any atom is -0.218 e. The van der Waals surface area contributed by atoms with E-state index >= 15 is 0 Å². The van der Waals surface area contributed by atoms with Crippen LogP contribution in [0.15, 0.2) is 40.1 Å². The predicted octanol–water partition coefficient (Wildman–Crippen LogP) is 4.06. The van der Waals surface area contributed by atoms with Gasteiger partial charge in [0.2, 0.25) is 9.84 Å². The van der Waals surface area contributed by atoms with Crippen LogP contribution in [0.5, 0.6) is 0 Å². The highest BCUT2D eigenvalue weighted by Gasteiger charge is 2.24. The smallest absolute Gasteiger partial charge is 0.207 e. The van der Waals surface area contributed by atoms with Gasteiger partial charge in [0, 0.05) is 0 Å².